The van der Waals surface area contributed by atoms with Gasteiger partial charge in [0.15, 0.2) is 0 Å². The number of carbonyl (C=O) groups excluding carboxylic acids is 1. The topological polar surface area (TPSA) is 29.5 Å². The molecule has 2 aliphatic heterocycles. The quantitative estimate of drug-likeness (QED) is 0.778. The monoisotopic (exact) mass is 263 g/mol. The van der Waals surface area contributed by atoms with Crippen LogP contribution in [0.5, 0.6) is 5.75 Å². The number of rotatable bonds is 1. The van der Waals surface area contributed by atoms with E-state index in [2.05, 4.69) is 6.92 Å². The van der Waals surface area contributed by atoms with Crippen LogP contribution in [0.25, 0.3) is 0 Å². The second-order valence-corrected chi connectivity index (χ2v) is 6.08. The van der Waals surface area contributed by atoms with Crippen molar-refractivity contribution in [3.8, 4) is 5.75 Å². The zero-order chi connectivity index (χ0) is 12.5. The van der Waals surface area contributed by atoms with Gasteiger partial charge in [-0.1, -0.05) is 0 Å². The summed E-state index contributed by atoms with van der Waals surface area (Å²) in [6.07, 6.45) is 1.14. The first-order chi connectivity index (χ1) is 8.74. The van der Waals surface area contributed by atoms with Crippen LogP contribution in [0.2, 0.25) is 0 Å². The molecule has 1 fully saturated rings. The van der Waals surface area contributed by atoms with E-state index in [1.165, 1.54) is 5.56 Å². The fraction of sp³-hybridized carbons (Fsp3) is 0.500. The predicted octanol–water partition coefficient (Wildman–Crippen LogP) is 2.20. The van der Waals surface area contributed by atoms with E-state index < -0.39 is 0 Å². The summed E-state index contributed by atoms with van der Waals surface area (Å²) in [7, 11) is 0. The van der Waals surface area contributed by atoms with Crippen LogP contribution in [0.3, 0.4) is 0 Å². The zero-order valence-corrected chi connectivity index (χ0v) is 11.3. The smallest absolute Gasteiger partial charge is 0.253 e. The Morgan fingerprint density at radius 1 is 1.39 bits per heavy atom. The highest BCUT2D eigenvalue weighted by Crippen LogP contribution is 2.29. The van der Waals surface area contributed by atoms with Crippen molar-refractivity contribution in [1.82, 2.24) is 4.90 Å². The summed E-state index contributed by atoms with van der Waals surface area (Å²) < 4.78 is 5.66. The van der Waals surface area contributed by atoms with Crippen LogP contribution in [0, 0.1) is 0 Å². The van der Waals surface area contributed by atoms with Crippen LogP contribution in [0.1, 0.15) is 22.8 Å². The van der Waals surface area contributed by atoms with E-state index in [1.807, 2.05) is 34.9 Å². The van der Waals surface area contributed by atoms with Crippen LogP contribution >= 0.6 is 11.8 Å². The number of hydrogen-bond acceptors (Lipinski definition) is 3. The minimum absolute atomic E-state index is 0.164. The molecule has 0 radical (unpaired) electrons. The Bertz CT molecular complexity index is 469. The van der Waals surface area contributed by atoms with E-state index in [1.54, 1.807) is 0 Å². The second-order valence-electron chi connectivity index (χ2n) is 4.86. The van der Waals surface area contributed by atoms with Crippen LogP contribution in [0.4, 0.5) is 0 Å². The molecular weight excluding hydrogens is 246 g/mol. The van der Waals surface area contributed by atoms with Crippen molar-refractivity contribution in [2.24, 2.45) is 0 Å². The lowest BCUT2D eigenvalue weighted by atomic mass is 10.1. The Hall–Kier alpha value is -1.16. The number of fused-ring (bicyclic) bond motifs is 1. The van der Waals surface area contributed by atoms with Gasteiger partial charge in [0.25, 0.3) is 5.91 Å². The maximum Gasteiger partial charge on any atom is 0.253 e. The summed E-state index contributed by atoms with van der Waals surface area (Å²) >= 11 is 1.92. The molecule has 1 atom stereocenters. The van der Waals surface area contributed by atoms with Gasteiger partial charge in [-0.2, -0.15) is 11.8 Å². The molecule has 1 saturated heterocycles. The highest BCUT2D eigenvalue weighted by molar-refractivity contribution is 7.99. The number of carbonyl (C=O) groups is 1. The van der Waals surface area contributed by atoms with Crippen molar-refractivity contribution in [1.29, 1.82) is 0 Å². The molecular formula is C14H17NO2S. The molecule has 0 N–H and O–H groups in total. The summed E-state index contributed by atoms with van der Waals surface area (Å²) in [5, 5.41) is 0. The molecule has 1 aromatic carbocycles. The third-order valence-electron chi connectivity index (χ3n) is 3.44. The molecule has 0 aliphatic carbocycles. The third-order valence-corrected chi connectivity index (χ3v) is 4.38. The average molecular weight is 263 g/mol. The highest BCUT2D eigenvalue weighted by atomic mass is 32.2. The van der Waals surface area contributed by atoms with Crippen molar-refractivity contribution < 1.29 is 9.53 Å². The molecule has 0 aromatic heterocycles. The van der Waals surface area contributed by atoms with Gasteiger partial charge in [-0.25, -0.2) is 0 Å². The standard InChI is InChI=1S/C14H17NO2S/c1-10-8-12-9-11(2-3-13(12)17-10)14(16)15-4-6-18-7-5-15/h2-3,9-10H,4-8H2,1H3/t10-/m0/s1. The van der Waals surface area contributed by atoms with Crippen LogP contribution in [0.15, 0.2) is 18.2 Å². The van der Waals surface area contributed by atoms with Gasteiger partial charge < -0.3 is 9.64 Å². The molecule has 4 heteroatoms. The van der Waals surface area contributed by atoms with Crippen LogP contribution in [-0.4, -0.2) is 41.5 Å². The van der Waals surface area contributed by atoms with Crippen molar-refractivity contribution in [2.75, 3.05) is 24.6 Å². The first kappa shape index (κ1) is 11.9. The Balaban J connectivity index is 1.80. The van der Waals surface area contributed by atoms with Gasteiger partial charge in [0, 0.05) is 36.6 Å². The number of benzene rings is 1. The third kappa shape index (κ3) is 2.21. The van der Waals surface area contributed by atoms with Crippen LogP contribution < -0.4 is 4.74 Å². The molecule has 3 rings (SSSR count). The predicted molar refractivity (Wildman–Crippen MR) is 73.5 cm³/mol. The molecule has 0 unspecified atom stereocenters. The molecule has 1 aromatic rings. The number of hydrogen-bond donors (Lipinski definition) is 0. The Morgan fingerprint density at radius 3 is 2.94 bits per heavy atom. The van der Waals surface area contributed by atoms with E-state index in [4.69, 9.17) is 4.74 Å². The fourth-order valence-corrected chi connectivity index (χ4v) is 3.41. The molecule has 18 heavy (non-hydrogen) atoms. The number of nitrogens with zero attached hydrogens (tertiary/aromatic N) is 1. The fourth-order valence-electron chi connectivity index (χ4n) is 2.50. The average Bonchev–Trinajstić information content (AvgIpc) is 2.78. The Labute approximate surface area is 111 Å². The summed E-state index contributed by atoms with van der Waals surface area (Å²) in [6.45, 7) is 3.80. The number of ether oxygens (including phenoxy) is 1. The molecule has 0 saturated carbocycles. The van der Waals surface area contributed by atoms with Crippen LogP contribution in [-0.2, 0) is 6.42 Å². The lowest BCUT2D eigenvalue weighted by Gasteiger charge is -2.26. The van der Waals surface area contributed by atoms with Gasteiger partial charge in [0.2, 0.25) is 0 Å². The highest BCUT2D eigenvalue weighted by Gasteiger charge is 2.23. The van der Waals surface area contributed by atoms with E-state index in [-0.39, 0.29) is 12.0 Å². The summed E-state index contributed by atoms with van der Waals surface area (Å²) in [5.74, 6) is 3.21. The molecule has 0 spiro atoms. The van der Waals surface area contributed by atoms with Crippen molar-refractivity contribution in [3.05, 3.63) is 29.3 Å². The summed E-state index contributed by atoms with van der Waals surface area (Å²) in [4.78, 5) is 14.3. The SMILES string of the molecule is C[C@H]1Cc2cc(C(=O)N3CCSCC3)ccc2O1. The summed E-state index contributed by atoms with van der Waals surface area (Å²) in [5.41, 5.74) is 1.97. The van der Waals surface area contributed by atoms with Crippen molar-refractivity contribution >= 4 is 17.7 Å². The van der Waals surface area contributed by atoms with E-state index >= 15 is 0 Å². The second kappa shape index (κ2) is 4.84. The van der Waals surface area contributed by atoms with Gasteiger partial charge in [-0.15, -0.1) is 0 Å². The van der Waals surface area contributed by atoms with E-state index in [0.717, 1.165) is 42.3 Å². The number of amides is 1. The first-order valence-corrected chi connectivity index (χ1v) is 7.56. The minimum atomic E-state index is 0.164. The van der Waals surface area contributed by atoms with Crippen molar-refractivity contribution in [2.45, 2.75) is 19.4 Å². The van der Waals surface area contributed by atoms with Gasteiger partial charge in [-0.05, 0) is 30.7 Å². The lowest BCUT2D eigenvalue weighted by Crippen LogP contribution is -2.37. The largest absolute Gasteiger partial charge is 0.490 e. The normalized spacial score (nSPS) is 22.5. The van der Waals surface area contributed by atoms with Gasteiger partial charge in [0.1, 0.15) is 11.9 Å². The van der Waals surface area contributed by atoms with E-state index in [9.17, 15) is 4.79 Å². The molecule has 0 bridgehead atoms. The van der Waals surface area contributed by atoms with Crippen molar-refractivity contribution in [3.63, 3.8) is 0 Å². The van der Waals surface area contributed by atoms with Gasteiger partial charge in [-0.3, -0.25) is 4.79 Å². The van der Waals surface area contributed by atoms with E-state index in [0.29, 0.717) is 0 Å². The zero-order valence-electron chi connectivity index (χ0n) is 10.5. The maximum atomic E-state index is 12.4. The molecule has 2 heterocycles. The first-order valence-electron chi connectivity index (χ1n) is 6.40. The van der Waals surface area contributed by atoms with Gasteiger partial charge in [0.05, 0.1) is 0 Å². The molecule has 3 nitrogen and oxygen atoms in total. The molecule has 1 amide bonds. The van der Waals surface area contributed by atoms with Gasteiger partial charge >= 0.3 is 0 Å². The molecule has 96 valence electrons. The minimum Gasteiger partial charge on any atom is -0.490 e. The maximum absolute atomic E-state index is 12.4. The Kier molecular flexibility index (Phi) is 3.20. The lowest BCUT2D eigenvalue weighted by molar-refractivity contribution is 0.0772. The molecule has 2 aliphatic rings. The summed E-state index contributed by atoms with van der Waals surface area (Å²) in [6, 6.07) is 5.83. The number of thioether (sulfide) groups is 1. The Morgan fingerprint density at radius 2 is 2.17 bits per heavy atom.